The Labute approximate surface area is 121 Å². The zero-order valence-electron chi connectivity index (χ0n) is 11.2. The molecule has 0 bridgehead atoms. The Kier molecular flexibility index (Phi) is 4.24. The van der Waals surface area contributed by atoms with Crippen LogP contribution in [0.25, 0.3) is 5.57 Å². The van der Waals surface area contributed by atoms with E-state index in [1.165, 1.54) is 0 Å². The molecule has 1 aliphatic rings. The molecule has 1 aromatic carbocycles. The van der Waals surface area contributed by atoms with Crippen LogP contribution in [0.15, 0.2) is 29.2 Å². The number of amides is 2. The quantitative estimate of drug-likeness (QED) is 0.679. The molecule has 1 aliphatic heterocycles. The first kappa shape index (κ1) is 14.3. The van der Waals surface area contributed by atoms with Crippen LogP contribution in [0.3, 0.4) is 0 Å². The topological polar surface area (TPSA) is 66.5 Å². The van der Waals surface area contributed by atoms with E-state index in [2.05, 4.69) is 5.32 Å². The van der Waals surface area contributed by atoms with Gasteiger partial charge in [-0.2, -0.15) is 0 Å². The number of para-hydroxylation sites is 1. The molecule has 2 amide bonds. The lowest BCUT2D eigenvalue weighted by molar-refractivity contribution is -0.115. The molecular weight excluding hydrogens is 276 g/mol. The summed E-state index contributed by atoms with van der Waals surface area (Å²) in [4.78, 5) is 36.5. The summed E-state index contributed by atoms with van der Waals surface area (Å²) >= 11 is 0.759. The summed E-state index contributed by atoms with van der Waals surface area (Å²) in [5, 5.41) is 1.72. The molecule has 6 heteroatoms. The van der Waals surface area contributed by atoms with Crippen molar-refractivity contribution >= 4 is 40.5 Å². The number of rotatable bonds is 4. The number of carbonyl (C=O) groups excluding carboxylic acids is 3. The molecule has 0 saturated carbocycles. The molecule has 0 spiro atoms. The maximum absolute atomic E-state index is 11.7. The summed E-state index contributed by atoms with van der Waals surface area (Å²) in [6.45, 7) is 2.75. The minimum absolute atomic E-state index is 0.155. The highest BCUT2D eigenvalue weighted by Gasteiger charge is 2.29. The van der Waals surface area contributed by atoms with Crippen LogP contribution >= 0.6 is 11.8 Å². The highest BCUT2D eigenvalue weighted by atomic mass is 32.2. The average Bonchev–Trinajstić information content (AvgIpc) is 2.78. The van der Waals surface area contributed by atoms with Crippen LogP contribution in [0.5, 0.6) is 0 Å². The van der Waals surface area contributed by atoms with Crippen molar-refractivity contribution in [3.8, 4) is 0 Å². The first-order valence-corrected chi connectivity index (χ1v) is 6.93. The van der Waals surface area contributed by atoms with E-state index < -0.39 is 11.1 Å². The van der Waals surface area contributed by atoms with Crippen molar-refractivity contribution in [2.75, 3.05) is 18.5 Å². The van der Waals surface area contributed by atoms with Gasteiger partial charge >= 0.3 is 0 Å². The number of thioether (sulfide) groups is 1. The Morgan fingerprint density at radius 2 is 2.05 bits per heavy atom. The van der Waals surface area contributed by atoms with Gasteiger partial charge in [-0.25, -0.2) is 0 Å². The summed E-state index contributed by atoms with van der Waals surface area (Å²) in [6, 6.07) is 7.31. The number of nitrogens with zero attached hydrogens (tertiary/aromatic N) is 1. The van der Waals surface area contributed by atoms with Crippen molar-refractivity contribution in [1.82, 2.24) is 5.32 Å². The van der Waals surface area contributed by atoms with Gasteiger partial charge in [0.25, 0.3) is 11.1 Å². The molecule has 1 N–H and O–H groups in total. The number of allylic oxidation sites excluding steroid dienone is 1. The molecule has 0 atom stereocenters. The normalized spacial score (nSPS) is 16.9. The summed E-state index contributed by atoms with van der Waals surface area (Å²) in [5.41, 5.74) is 1.74. The molecule has 0 aliphatic carbocycles. The molecule has 1 aromatic rings. The van der Waals surface area contributed by atoms with E-state index in [-0.39, 0.29) is 10.5 Å². The number of aldehydes is 1. The summed E-state index contributed by atoms with van der Waals surface area (Å²) < 4.78 is 0. The predicted octanol–water partition coefficient (Wildman–Crippen LogP) is 2.04. The third-order valence-electron chi connectivity index (χ3n) is 3.06. The molecule has 1 saturated heterocycles. The molecule has 0 aromatic heterocycles. The van der Waals surface area contributed by atoms with Gasteiger partial charge in [-0.1, -0.05) is 18.2 Å². The van der Waals surface area contributed by atoms with Gasteiger partial charge in [0.05, 0.1) is 4.91 Å². The summed E-state index contributed by atoms with van der Waals surface area (Å²) in [6.07, 6.45) is 0.628. The van der Waals surface area contributed by atoms with E-state index in [0.717, 1.165) is 24.0 Å². The molecule has 1 heterocycles. The van der Waals surface area contributed by atoms with Crippen LogP contribution in [0.4, 0.5) is 10.5 Å². The predicted molar refractivity (Wildman–Crippen MR) is 79.5 cm³/mol. The van der Waals surface area contributed by atoms with Gasteiger partial charge in [-0.3, -0.25) is 19.7 Å². The summed E-state index contributed by atoms with van der Waals surface area (Å²) in [5.74, 6) is -0.518. The van der Waals surface area contributed by atoms with Gasteiger partial charge in [-0.05, 0) is 24.8 Å². The third kappa shape index (κ3) is 2.60. The third-order valence-corrected chi connectivity index (χ3v) is 3.96. The number of carbonyl (C=O) groups is 3. The van der Waals surface area contributed by atoms with E-state index in [9.17, 15) is 14.4 Å². The van der Waals surface area contributed by atoms with Gasteiger partial charge in [0.1, 0.15) is 0 Å². The molecule has 5 nitrogen and oxygen atoms in total. The van der Waals surface area contributed by atoms with Crippen molar-refractivity contribution in [1.29, 1.82) is 0 Å². The number of imide groups is 1. The Morgan fingerprint density at radius 3 is 2.60 bits per heavy atom. The van der Waals surface area contributed by atoms with Gasteiger partial charge in [0, 0.05) is 30.4 Å². The van der Waals surface area contributed by atoms with E-state index in [1.807, 2.05) is 31.0 Å². The second kappa shape index (κ2) is 5.92. The van der Waals surface area contributed by atoms with Gasteiger partial charge in [-0.15, -0.1) is 0 Å². The van der Waals surface area contributed by atoms with Crippen molar-refractivity contribution in [2.24, 2.45) is 0 Å². The minimum Gasteiger partial charge on any atom is -0.374 e. The van der Waals surface area contributed by atoms with Crippen molar-refractivity contribution < 1.29 is 14.4 Å². The number of anilines is 1. The van der Waals surface area contributed by atoms with Crippen molar-refractivity contribution in [3.63, 3.8) is 0 Å². The lowest BCUT2D eigenvalue weighted by atomic mass is 10.0. The number of hydrogen-bond acceptors (Lipinski definition) is 5. The smallest absolute Gasteiger partial charge is 0.290 e. The highest BCUT2D eigenvalue weighted by Crippen LogP contribution is 2.34. The number of nitrogens with one attached hydrogen (secondary N) is 1. The number of hydrogen-bond donors (Lipinski definition) is 1. The largest absolute Gasteiger partial charge is 0.374 e. The second-order valence-corrected chi connectivity index (χ2v) is 5.22. The lowest BCUT2D eigenvalue weighted by Crippen LogP contribution is -2.19. The molecular formula is C14H14N2O3S. The Bertz CT molecular complexity index is 610. The van der Waals surface area contributed by atoms with E-state index in [0.29, 0.717) is 11.8 Å². The highest BCUT2D eigenvalue weighted by molar-refractivity contribution is 8.18. The van der Waals surface area contributed by atoms with Gasteiger partial charge in [0.15, 0.2) is 6.29 Å². The molecule has 1 fully saturated rings. The van der Waals surface area contributed by atoms with Gasteiger partial charge in [0.2, 0.25) is 0 Å². The van der Waals surface area contributed by atoms with Crippen LogP contribution in [-0.4, -0.2) is 31.0 Å². The Balaban J connectivity index is 2.59. The summed E-state index contributed by atoms with van der Waals surface area (Å²) in [7, 11) is 1.90. The first-order valence-electron chi connectivity index (χ1n) is 6.11. The van der Waals surface area contributed by atoms with Gasteiger partial charge < -0.3 is 4.90 Å². The molecule has 0 radical (unpaired) electrons. The maximum Gasteiger partial charge on any atom is 0.290 e. The van der Waals surface area contributed by atoms with Crippen LogP contribution in [0.1, 0.15) is 12.5 Å². The van der Waals surface area contributed by atoms with E-state index in [4.69, 9.17) is 0 Å². The number of benzene rings is 1. The van der Waals surface area contributed by atoms with E-state index in [1.54, 1.807) is 12.1 Å². The van der Waals surface area contributed by atoms with Crippen LogP contribution < -0.4 is 10.2 Å². The van der Waals surface area contributed by atoms with Crippen LogP contribution in [0, 0.1) is 0 Å². The standard InChI is InChI=1S/C14H14N2O3S/c1-3-16(2)11-7-5-4-6-9(11)10(8-17)12-13(18)15-14(19)20-12/h4-8H,3H2,1-2H3,(H,15,18,19)/b12-10+. The van der Waals surface area contributed by atoms with Crippen LogP contribution in [-0.2, 0) is 9.59 Å². The SMILES string of the molecule is CCN(C)c1ccccc1/C(C=O)=C1/SC(=O)NC1=O. The van der Waals surface area contributed by atoms with Crippen molar-refractivity contribution in [2.45, 2.75) is 6.92 Å². The molecule has 2 rings (SSSR count). The monoisotopic (exact) mass is 290 g/mol. The second-order valence-electron chi connectivity index (χ2n) is 4.24. The Hall–Kier alpha value is -2.08. The molecule has 20 heavy (non-hydrogen) atoms. The maximum atomic E-state index is 11.7. The average molecular weight is 290 g/mol. The fourth-order valence-corrected chi connectivity index (χ4v) is 2.68. The zero-order chi connectivity index (χ0) is 14.7. The van der Waals surface area contributed by atoms with E-state index >= 15 is 0 Å². The first-order chi connectivity index (χ1) is 9.58. The fraction of sp³-hybridized carbons (Fsp3) is 0.214. The van der Waals surface area contributed by atoms with Crippen molar-refractivity contribution in [3.05, 3.63) is 34.7 Å². The Morgan fingerprint density at radius 1 is 1.35 bits per heavy atom. The minimum atomic E-state index is -0.518. The fourth-order valence-electron chi connectivity index (χ4n) is 1.94. The zero-order valence-corrected chi connectivity index (χ0v) is 12.0. The molecule has 0 unspecified atom stereocenters. The lowest BCUT2D eigenvalue weighted by Gasteiger charge is -2.20. The molecule has 104 valence electrons. The van der Waals surface area contributed by atoms with Crippen LogP contribution in [0.2, 0.25) is 0 Å².